The zero-order valence-corrected chi connectivity index (χ0v) is 42.0. The van der Waals surface area contributed by atoms with Crippen molar-refractivity contribution in [2.75, 3.05) is 4.90 Å². The van der Waals surface area contributed by atoms with Gasteiger partial charge in [0.25, 0.3) is 0 Å². The highest BCUT2D eigenvalue weighted by molar-refractivity contribution is 6.11. The third-order valence-electron chi connectivity index (χ3n) is 14.7. The minimum absolute atomic E-state index is 0.00847. The number of anilines is 3. The molecule has 0 bridgehead atoms. The summed E-state index contributed by atoms with van der Waals surface area (Å²) in [6.45, 7) is 13.9. The molecule has 72 heavy (non-hydrogen) atoms. The van der Waals surface area contributed by atoms with Gasteiger partial charge in [0.1, 0.15) is 0 Å². The third kappa shape index (κ3) is 8.13. The molecule has 2 heteroatoms. The summed E-state index contributed by atoms with van der Waals surface area (Å²) < 4.78 is 2.38. The van der Waals surface area contributed by atoms with E-state index in [0.717, 1.165) is 22.7 Å². The van der Waals surface area contributed by atoms with Gasteiger partial charge in [-0.2, -0.15) is 0 Å². The van der Waals surface area contributed by atoms with Gasteiger partial charge in [-0.25, -0.2) is 0 Å². The molecular weight excluding hydrogens is 869 g/mol. The fourth-order valence-corrected chi connectivity index (χ4v) is 10.8. The molecule has 0 unspecified atom stereocenters. The molecule has 0 fully saturated rings. The predicted molar refractivity (Wildman–Crippen MR) is 310 cm³/mol. The molecule has 11 aromatic carbocycles. The summed E-state index contributed by atoms with van der Waals surface area (Å²) in [5.74, 6) is 0. The summed E-state index contributed by atoms with van der Waals surface area (Å²) in [5.41, 5.74) is 19.1. The first-order valence-corrected chi connectivity index (χ1v) is 25.3. The van der Waals surface area contributed by atoms with Crippen molar-refractivity contribution in [3.8, 4) is 50.2 Å². The second-order valence-corrected chi connectivity index (χ2v) is 21.4. The van der Waals surface area contributed by atoms with E-state index in [-0.39, 0.29) is 10.8 Å². The van der Waals surface area contributed by atoms with Crippen molar-refractivity contribution in [1.29, 1.82) is 0 Å². The normalized spacial score (nSPS) is 12.0. The van der Waals surface area contributed by atoms with Crippen molar-refractivity contribution in [2.24, 2.45) is 0 Å². The van der Waals surface area contributed by atoms with Crippen molar-refractivity contribution in [3.05, 3.63) is 254 Å². The molecule has 348 valence electrons. The van der Waals surface area contributed by atoms with Gasteiger partial charge < -0.3 is 9.47 Å². The molecule has 0 aliphatic rings. The average Bonchev–Trinajstić information content (AvgIpc) is 3.74. The highest BCUT2D eigenvalue weighted by Crippen LogP contribution is 2.46. The Hall–Kier alpha value is -8.46. The zero-order valence-electron chi connectivity index (χ0n) is 42.0. The van der Waals surface area contributed by atoms with Crippen LogP contribution < -0.4 is 4.90 Å². The van der Waals surface area contributed by atoms with Gasteiger partial charge in [0.15, 0.2) is 0 Å². The van der Waals surface area contributed by atoms with Crippen molar-refractivity contribution >= 4 is 60.4 Å². The molecule has 0 aliphatic carbocycles. The highest BCUT2D eigenvalue weighted by atomic mass is 15.1. The fourth-order valence-electron chi connectivity index (χ4n) is 10.8. The van der Waals surface area contributed by atoms with Gasteiger partial charge in [0.2, 0.25) is 0 Å². The number of fused-ring (bicyclic) bond motifs is 5. The Bertz CT molecular complexity index is 3940. The van der Waals surface area contributed by atoms with Crippen molar-refractivity contribution in [1.82, 2.24) is 4.57 Å². The Morgan fingerprint density at radius 2 is 0.833 bits per heavy atom. The Morgan fingerprint density at radius 3 is 1.51 bits per heavy atom. The van der Waals surface area contributed by atoms with E-state index in [1.54, 1.807) is 0 Å². The molecule has 12 aromatic rings. The monoisotopic (exact) mass is 926 g/mol. The smallest absolute Gasteiger partial charge is 0.0541 e. The van der Waals surface area contributed by atoms with Gasteiger partial charge in [-0.1, -0.05) is 217 Å². The minimum atomic E-state index is -0.00847. The first-order valence-electron chi connectivity index (χ1n) is 25.3. The maximum Gasteiger partial charge on any atom is 0.0541 e. The van der Waals surface area contributed by atoms with Gasteiger partial charge >= 0.3 is 0 Å². The summed E-state index contributed by atoms with van der Waals surface area (Å²) in [6, 6.07) is 89.8. The van der Waals surface area contributed by atoms with Crippen LogP contribution in [0.3, 0.4) is 0 Å². The number of aromatic nitrogens is 1. The van der Waals surface area contributed by atoms with E-state index in [1.807, 2.05) is 0 Å². The lowest BCUT2D eigenvalue weighted by molar-refractivity contribution is 0.569. The molecule has 0 saturated heterocycles. The van der Waals surface area contributed by atoms with E-state index in [4.69, 9.17) is 0 Å². The maximum absolute atomic E-state index is 2.44. The van der Waals surface area contributed by atoms with Gasteiger partial charge in [-0.15, -0.1) is 0 Å². The molecule has 0 spiro atoms. The first kappa shape index (κ1) is 44.7. The third-order valence-corrected chi connectivity index (χ3v) is 14.7. The lowest BCUT2D eigenvalue weighted by Gasteiger charge is -2.29. The average molecular weight is 927 g/mol. The summed E-state index contributed by atoms with van der Waals surface area (Å²) in [7, 11) is 0. The van der Waals surface area contributed by atoms with Crippen molar-refractivity contribution in [3.63, 3.8) is 0 Å². The molecule has 0 aliphatic heterocycles. The molecule has 0 atom stereocenters. The SMILES string of the molecule is CC(C)(C)c1cc(-c2cccc3cccc(-c4ccccc4N(c4ccc(-c5ccc6ccccc6c5)cc4)c4ccc(-c5ccc6c(c5)c5ccccc5n6-c5ccccc5)cc4)c23)cc(C(C)(C)C)c1. The van der Waals surface area contributed by atoms with Gasteiger partial charge in [0, 0.05) is 33.4 Å². The lowest BCUT2D eigenvalue weighted by atomic mass is 9.78. The summed E-state index contributed by atoms with van der Waals surface area (Å²) in [5, 5.41) is 7.45. The van der Waals surface area contributed by atoms with E-state index >= 15 is 0 Å². The highest BCUT2D eigenvalue weighted by Gasteiger charge is 2.24. The van der Waals surface area contributed by atoms with Crippen LogP contribution in [0.2, 0.25) is 0 Å². The van der Waals surface area contributed by atoms with Crippen LogP contribution in [-0.4, -0.2) is 4.57 Å². The molecule has 0 amide bonds. The molecule has 1 heterocycles. The van der Waals surface area contributed by atoms with Crippen LogP contribution in [0.4, 0.5) is 17.1 Å². The van der Waals surface area contributed by atoms with Gasteiger partial charge in [-0.05, 0) is 149 Å². The van der Waals surface area contributed by atoms with Gasteiger partial charge in [0.05, 0.1) is 16.7 Å². The Morgan fingerprint density at radius 1 is 0.319 bits per heavy atom. The Kier molecular flexibility index (Phi) is 11.0. The summed E-state index contributed by atoms with van der Waals surface area (Å²) in [4.78, 5) is 2.44. The number of hydrogen-bond donors (Lipinski definition) is 0. The molecule has 0 radical (unpaired) electrons. The van der Waals surface area contributed by atoms with E-state index in [1.165, 1.54) is 99.0 Å². The number of hydrogen-bond acceptors (Lipinski definition) is 1. The number of benzene rings is 11. The van der Waals surface area contributed by atoms with E-state index in [0.29, 0.717) is 0 Å². The Balaban J connectivity index is 1.01. The molecule has 2 nitrogen and oxygen atoms in total. The van der Waals surface area contributed by atoms with E-state index < -0.39 is 0 Å². The lowest BCUT2D eigenvalue weighted by Crippen LogP contribution is -2.16. The van der Waals surface area contributed by atoms with Crippen LogP contribution in [0.25, 0.3) is 93.5 Å². The molecular formula is C70H58N2. The zero-order chi connectivity index (χ0) is 49.1. The minimum Gasteiger partial charge on any atom is -0.310 e. The Labute approximate surface area is 424 Å². The largest absolute Gasteiger partial charge is 0.310 e. The van der Waals surface area contributed by atoms with Crippen LogP contribution in [0.15, 0.2) is 243 Å². The van der Waals surface area contributed by atoms with Crippen LogP contribution in [-0.2, 0) is 10.8 Å². The molecule has 1 aromatic heterocycles. The molecule has 0 saturated carbocycles. The van der Waals surface area contributed by atoms with E-state index in [9.17, 15) is 0 Å². The number of para-hydroxylation sites is 3. The van der Waals surface area contributed by atoms with Crippen molar-refractivity contribution in [2.45, 2.75) is 52.4 Å². The second-order valence-electron chi connectivity index (χ2n) is 21.4. The number of rotatable bonds is 8. The summed E-state index contributed by atoms with van der Waals surface area (Å²) in [6.07, 6.45) is 0. The predicted octanol–water partition coefficient (Wildman–Crippen LogP) is 19.8. The van der Waals surface area contributed by atoms with E-state index in [2.05, 4.69) is 294 Å². The standard InChI is InChI=1S/C70H58N2/c1-69(2,3)55-43-54(44-56(46-55)70(4,5)6)60-26-16-20-50-21-17-27-63(68(50)60)61-24-12-14-28-65(61)71(58-37-32-48(33-38-58)52-31-30-47-18-10-11-19-51(47)42-52)59-39-34-49(35-40-59)53-36-41-67-64(45-53)62-25-13-15-29-66(62)72(67)57-22-8-7-9-23-57/h7-46H,1-6H3. The van der Waals surface area contributed by atoms with Crippen LogP contribution in [0, 0.1) is 0 Å². The van der Waals surface area contributed by atoms with Crippen molar-refractivity contribution < 1.29 is 0 Å². The fraction of sp³-hybridized carbons (Fsp3) is 0.114. The molecule has 12 rings (SSSR count). The maximum atomic E-state index is 2.44. The van der Waals surface area contributed by atoms with Crippen LogP contribution in [0.5, 0.6) is 0 Å². The number of nitrogens with zero attached hydrogens (tertiary/aromatic N) is 2. The molecule has 0 N–H and O–H groups in total. The van der Waals surface area contributed by atoms with Crippen LogP contribution >= 0.6 is 0 Å². The first-order chi connectivity index (χ1) is 35.0. The topological polar surface area (TPSA) is 8.17 Å². The van der Waals surface area contributed by atoms with Gasteiger partial charge in [-0.3, -0.25) is 0 Å². The quantitative estimate of drug-likeness (QED) is 0.147. The van der Waals surface area contributed by atoms with Crippen LogP contribution in [0.1, 0.15) is 52.7 Å². The second kappa shape index (κ2) is 17.7. The summed E-state index contributed by atoms with van der Waals surface area (Å²) >= 11 is 0.